The number of aromatic carboxylic acids is 1. The summed E-state index contributed by atoms with van der Waals surface area (Å²) >= 11 is 0. The highest BCUT2D eigenvalue weighted by atomic mass is 32.2. The first-order chi connectivity index (χ1) is 9.40. The molecule has 9 heteroatoms. The predicted molar refractivity (Wildman–Crippen MR) is 67.7 cm³/mol. The van der Waals surface area contributed by atoms with Crippen LogP contribution in [-0.2, 0) is 16.6 Å². The third-order valence-corrected chi connectivity index (χ3v) is 3.88. The molecule has 4 N–H and O–H groups in total. The number of H-pyrrole nitrogens is 1. The Hall–Kier alpha value is -2.39. The molecule has 0 fully saturated rings. The molecular formula is C11H11N3O5S. The van der Waals surface area contributed by atoms with Crippen LogP contribution in [0.2, 0.25) is 0 Å². The number of aromatic hydroxyl groups is 1. The van der Waals surface area contributed by atoms with Gasteiger partial charge in [0.2, 0.25) is 0 Å². The predicted octanol–water partition coefficient (Wildman–Crippen LogP) is 0.292. The molecule has 2 rings (SSSR count). The van der Waals surface area contributed by atoms with Crippen molar-refractivity contribution in [2.45, 2.75) is 11.6 Å². The summed E-state index contributed by atoms with van der Waals surface area (Å²) in [5.74, 6) is -1.32. The summed E-state index contributed by atoms with van der Waals surface area (Å²) in [6, 6.07) is 5.93. The molecule has 8 nitrogen and oxygen atoms in total. The van der Waals surface area contributed by atoms with Crippen LogP contribution in [-0.4, -0.2) is 34.8 Å². The number of hydrogen-bond donors (Lipinski definition) is 4. The van der Waals surface area contributed by atoms with Crippen molar-refractivity contribution in [2.24, 2.45) is 0 Å². The van der Waals surface area contributed by atoms with Gasteiger partial charge < -0.3 is 10.2 Å². The SMILES string of the molecule is O=C(O)c1cn[nH]c1S(=O)(=O)NCc1ccc(O)cc1. The van der Waals surface area contributed by atoms with Crippen molar-refractivity contribution in [3.05, 3.63) is 41.6 Å². The maximum Gasteiger partial charge on any atom is 0.340 e. The molecule has 0 atom stereocenters. The van der Waals surface area contributed by atoms with Gasteiger partial charge >= 0.3 is 5.97 Å². The van der Waals surface area contributed by atoms with Gasteiger partial charge in [0.25, 0.3) is 10.0 Å². The second kappa shape index (κ2) is 5.31. The number of phenolic OH excluding ortho intramolecular Hbond substituents is 1. The minimum Gasteiger partial charge on any atom is -0.508 e. The summed E-state index contributed by atoms with van der Waals surface area (Å²) in [6.45, 7) is -0.0410. The number of hydrogen-bond acceptors (Lipinski definition) is 5. The zero-order valence-corrected chi connectivity index (χ0v) is 10.9. The van der Waals surface area contributed by atoms with Crippen LogP contribution >= 0.6 is 0 Å². The van der Waals surface area contributed by atoms with E-state index in [4.69, 9.17) is 10.2 Å². The van der Waals surface area contributed by atoms with Gasteiger partial charge in [0.15, 0.2) is 5.03 Å². The monoisotopic (exact) mass is 297 g/mol. The Bertz CT molecular complexity index is 721. The lowest BCUT2D eigenvalue weighted by molar-refractivity contribution is 0.0692. The molecule has 1 aromatic heterocycles. The summed E-state index contributed by atoms with van der Waals surface area (Å²) in [6.07, 6.45) is 0.928. The van der Waals surface area contributed by atoms with Crippen LogP contribution in [0.4, 0.5) is 0 Å². The highest BCUT2D eigenvalue weighted by molar-refractivity contribution is 7.89. The van der Waals surface area contributed by atoms with E-state index in [0.29, 0.717) is 5.56 Å². The first-order valence-corrected chi connectivity index (χ1v) is 6.93. The number of aromatic amines is 1. The van der Waals surface area contributed by atoms with E-state index in [1.807, 2.05) is 0 Å². The largest absolute Gasteiger partial charge is 0.508 e. The smallest absolute Gasteiger partial charge is 0.340 e. The Morgan fingerprint density at radius 1 is 1.30 bits per heavy atom. The molecule has 106 valence electrons. The van der Waals surface area contributed by atoms with Crippen molar-refractivity contribution in [3.8, 4) is 5.75 Å². The number of aromatic nitrogens is 2. The van der Waals surface area contributed by atoms with Gasteiger partial charge in [-0.05, 0) is 17.7 Å². The van der Waals surface area contributed by atoms with Gasteiger partial charge in [0.1, 0.15) is 11.3 Å². The van der Waals surface area contributed by atoms with Gasteiger partial charge in [0.05, 0.1) is 6.20 Å². The molecule has 1 heterocycles. The first kappa shape index (κ1) is 14.0. The minimum atomic E-state index is -4.01. The third-order valence-electron chi connectivity index (χ3n) is 2.51. The number of carboxylic acid groups (broad SMARTS) is 1. The normalized spacial score (nSPS) is 11.4. The van der Waals surface area contributed by atoms with Crippen molar-refractivity contribution in [3.63, 3.8) is 0 Å². The molecule has 0 saturated carbocycles. The Kier molecular flexibility index (Phi) is 3.72. The number of nitrogens with zero attached hydrogens (tertiary/aromatic N) is 1. The van der Waals surface area contributed by atoms with E-state index in [1.54, 1.807) is 12.1 Å². The number of carbonyl (C=O) groups is 1. The average molecular weight is 297 g/mol. The van der Waals surface area contributed by atoms with Crippen molar-refractivity contribution in [1.29, 1.82) is 0 Å². The Morgan fingerprint density at radius 3 is 2.55 bits per heavy atom. The van der Waals surface area contributed by atoms with Crippen LogP contribution < -0.4 is 4.72 Å². The maximum atomic E-state index is 12.0. The number of benzene rings is 1. The highest BCUT2D eigenvalue weighted by Gasteiger charge is 2.24. The Balaban J connectivity index is 2.17. The summed E-state index contributed by atoms with van der Waals surface area (Å²) in [5, 5.41) is 23.0. The fourth-order valence-corrected chi connectivity index (χ4v) is 2.60. The lowest BCUT2D eigenvalue weighted by atomic mass is 10.2. The fraction of sp³-hybridized carbons (Fsp3) is 0.0909. The van der Waals surface area contributed by atoms with E-state index >= 15 is 0 Å². The summed E-state index contributed by atoms with van der Waals surface area (Å²) < 4.78 is 26.2. The van der Waals surface area contributed by atoms with Crippen LogP contribution in [0.3, 0.4) is 0 Å². The van der Waals surface area contributed by atoms with E-state index in [2.05, 4.69) is 14.9 Å². The molecule has 0 aliphatic heterocycles. The quantitative estimate of drug-likeness (QED) is 0.627. The van der Waals surface area contributed by atoms with Crippen molar-refractivity contribution in [2.75, 3.05) is 0 Å². The summed E-state index contributed by atoms with van der Waals surface area (Å²) in [7, 11) is -4.01. The number of rotatable bonds is 5. The van der Waals surface area contributed by atoms with E-state index in [-0.39, 0.29) is 12.3 Å². The van der Waals surface area contributed by atoms with Crippen molar-refractivity contribution < 1.29 is 23.4 Å². The molecule has 0 bridgehead atoms. The molecule has 20 heavy (non-hydrogen) atoms. The summed E-state index contributed by atoms with van der Waals surface area (Å²) in [5.41, 5.74) is 0.186. The highest BCUT2D eigenvalue weighted by Crippen LogP contribution is 2.13. The molecular weight excluding hydrogens is 286 g/mol. The second-order valence-electron chi connectivity index (χ2n) is 3.91. The van der Waals surface area contributed by atoms with Gasteiger partial charge in [-0.3, -0.25) is 5.10 Å². The second-order valence-corrected chi connectivity index (χ2v) is 5.61. The van der Waals surface area contributed by atoms with Gasteiger partial charge in [-0.15, -0.1) is 0 Å². The standard InChI is InChI=1S/C11H11N3O5S/c15-8-3-1-7(2-4-8)5-13-20(18,19)10-9(11(16)17)6-12-14-10/h1-4,6,13,15H,5H2,(H,12,14)(H,16,17). The number of nitrogens with one attached hydrogen (secondary N) is 2. The van der Waals surface area contributed by atoms with Gasteiger partial charge in [-0.2, -0.15) is 5.10 Å². The fourth-order valence-electron chi connectivity index (χ4n) is 1.50. The lowest BCUT2D eigenvalue weighted by Gasteiger charge is -2.06. The van der Waals surface area contributed by atoms with Crippen LogP contribution in [0, 0.1) is 0 Å². The van der Waals surface area contributed by atoms with E-state index in [9.17, 15) is 13.2 Å². The zero-order chi connectivity index (χ0) is 14.8. The Morgan fingerprint density at radius 2 is 1.95 bits per heavy atom. The summed E-state index contributed by atoms with van der Waals surface area (Å²) in [4.78, 5) is 10.9. The average Bonchev–Trinajstić information content (AvgIpc) is 2.88. The zero-order valence-electron chi connectivity index (χ0n) is 10.1. The molecule has 0 saturated heterocycles. The van der Waals surface area contributed by atoms with Gasteiger partial charge in [-0.25, -0.2) is 17.9 Å². The minimum absolute atomic E-state index is 0.0410. The molecule has 1 aromatic carbocycles. The topological polar surface area (TPSA) is 132 Å². The Labute approximate surface area is 114 Å². The molecule has 0 spiro atoms. The first-order valence-electron chi connectivity index (χ1n) is 5.44. The molecule has 0 amide bonds. The van der Waals surface area contributed by atoms with Crippen LogP contribution in [0.5, 0.6) is 5.75 Å². The van der Waals surface area contributed by atoms with Crippen LogP contribution in [0.1, 0.15) is 15.9 Å². The third kappa shape index (κ3) is 2.95. The molecule has 0 radical (unpaired) electrons. The van der Waals surface area contributed by atoms with Crippen LogP contribution in [0.15, 0.2) is 35.5 Å². The van der Waals surface area contributed by atoms with E-state index in [0.717, 1.165) is 6.20 Å². The molecule has 2 aromatic rings. The van der Waals surface area contributed by atoms with Crippen molar-refractivity contribution in [1.82, 2.24) is 14.9 Å². The molecule has 0 aliphatic rings. The number of carboxylic acids is 1. The number of sulfonamides is 1. The molecule has 0 unspecified atom stereocenters. The van der Waals surface area contributed by atoms with E-state index < -0.39 is 26.6 Å². The van der Waals surface area contributed by atoms with E-state index in [1.165, 1.54) is 12.1 Å². The lowest BCUT2D eigenvalue weighted by Crippen LogP contribution is -2.25. The van der Waals surface area contributed by atoms with Gasteiger partial charge in [-0.1, -0.05) is 12.1 Å². The van der Waals surface area contributed by atoms with Gasteiger partial charge in [0, 0.05) is 6.54 Å². The van der Waals surface area contributed by atoms with Crippen LogP contribution in [0.25, 0.3) is 0 Å². The van der Waals surface area contributed by atoms with Crippen molar-refractivity contribution >= 4 is 16.0 Å². The maximum absolute atomic E-state index is 12.0. The molecule has 0 aliphatic carbocycles. The number of phenols is 1.